The summed E-state index contributed by atoms with van der Waals surface area (Å²) in [6.45, 7) is 1.84. The van der Waals surface area contributed by atoms with Gasteiger partial charge in [0.05, 0.1) is 25.0 Å². The third-order valence-corrected chi connectivity index (χ3v) is 5.53. The van der Waals surface area contributed by atoms with Crippen molar-refractivity contribution in [3.63, 3.8) is 0 Å². The summed E-state index contributed by atoms with van der Waals surface area (Å²) in [7, 11) is 2.68. The molecule has 1 aromatic heterocycles. The maximum Gasteiger partial charge on any atom is 0.304 e. The molecule has 126 valence electrons. The molecule has 8 heteroatoms. The Morgan fingerprint density at radius 1 is 1.30 bits per heavy atom. The van der Waals surface area contributed by atoms with Gasteiger partial charge in [-0.2, -0.15) is 17.8 Å². The van der Waals surface area contributed by atoms with Gasteiger partial charge in [0.25, 0.3) is 0 Å². The molecule has 0 spiro atoms. The van der Waals surface area contributed by atoms with Crippen LogP contribution in [0.15, 0.2) is 36.7 Å². The zero-order valence-electron chi connectivity index (χ0n) is 14.0. The Hall–Kier alpha value is -2.06. The summed E-state index contributed by atoms with van der Waals surface area (Å²) in [5.41, 5.74) is 1.34. The highest BCUT2D eigenvalue weighted by Gasteiger charge is 2.31. The second kappa shape index (κ2) is 6.59. The van der Waals surface area contributed by atoms with Gasteiger partial charge in [-0.25, -0.2) is 4.31 Å². The summed E-state index contributed by atoms with van der Waals surface area (Å²) in [6, 6.07) is 6.96. The second-order valence-corrected chi connectivity index (χ2v) is 7.43. The third kappa shape index (κ3) is 3.48. The van der Waals surface area contributed by atoms with Crippen molar-refractivity contribution in [2.45, 2.75) is 13.0 Å². The van der Waals surface area contributed by atoms with Gasteiger partial charge in [0.2, 0.25) is 0 Å². The van der Waals surface area contributed by atoms with Crippen molar-refractivity contribution in [2.75, 3.05) is 25.5 Å². The van der Waals surface area contributed by atoms with E-state index in [0.717, 1.165) is 5.56 Å². The largest absolute Gasteiger partial charge is 0.497 e. The summed E-state index contributed by atoms with van der Waals surface area (Å²) in [5.74, 6) is 0.683. The summed E-state index contributed by atoms with van der Waals surface area (Å²) in [4.78, 5) is 0. The number of nitrogens with zero attached hydrogens (tertiary/aromatic N) is 4. The van der Waals surface area contributed by atoms with Gasteiger partial charge in [-0.15, -0.1) is 0 Å². The molecule has 0 saturated carbocycles. The lowest BCUT2D eigenvalue weighted by atomic mass is 10.1. The van der Waals surface area contributed by atoms with Crippen LogP contribution in [0.2, 0.25) is 0 Å². The Balaban J connectivity index is 2.53. The Morgan fingerprint density at radius 3 is 2.52 bits per heavy atom. The highest BCUT2D eigenvalue weighted by molar-refractivity contribution is 7.90. The van der Waals surface area contributed by atoms with E-state index in [1.165, 1.54) is 28.9 Å². The molecule has 0 aliphatic rings. The van der Waals surface area contributed by atoms with Gasteiger partial charge < -0.3 is 4.74 Å². The monoisotopic (exact) mass is 338 g/mol. The Labute approximate surface area is 137 Å². The maximum atomic E-state index is 12.8. The Bertz CT molecular complexity index is 771. The molecule has 1 heterocycles. The van der Waals surface area contributed by atoms with E-state index in [2.05, 4.69) is 5.10 Å². The van der Waals surface area contributed by atoms with E-state index in [9.17, 15) is 8.42 Å². The first-order valence-electron chi connectivity index (χ1n) is 7.12. The van der Waals surface area contributed by atoms with E-state index in [-0.39, 0.29) is 0 Å². The lowest BCUT2D eigenvalue weighted by Crippen LogP contribution is -2.41. The fourth-order valence-corrected chi connectivity index (χ4v) is 3.53. The van der Waals surface area contributed by atoms with Crippen LogP contribution in [0.25, 0.3) is 0 Å². The molecule has 0 bridgehead atoms. The normalized spacial score (nSPS) is 13.1. The standard InChI is InChI=1S/C15H22N4O3S/c1-12(13-7-6-8-15(9-13)22-5)19(23(20,21)17(2)3)14-10-16-18(4)11-14/h6-12H,1-5H3/t12-/m0/s1. The molecular weight excluding hydrogens is 316 g/mol. The van der Waals surface area contributed by atoms with Crippen LogP contribution < -0.4 is 9.04 Å². The van der Waals surface area contributed by atoms with Gasteiger partial charge >= 0.3 is 10.2 Å². The van der Waals surface area contributed by atoms with Gasteiger partial charge in [-0.1, -0.05) is 12.1 Å². The molecular formula is C15H22N4O3S. The van der Waals surface area contributed by atoms with Gasteiger partial charge in [-0.05, 0) is 24.6 Å². The molecule has 0 radical (unpaired) electrons. The average Bonchev–Trinajstić information content (AvgIpc) is 2.93. The number of hydrogen-bond donors (Lipinski definition) is 0. The molecule has 7 nitrogen and oxygen atoms in total. The van der Waals surface area contributed by atoms with Crippen LogP contribution in [-0.4, -0.2) is 43.7 Å². The van der Waals surface area contributed by atoms with Gasteiger partial charge in [0, 0.05) is 27.3 Å². The molecule has 23 heavy (non-hydrogen) atoms. The van der Waals surface area contributed by atoms with Crippen molar-refractivity contribution >= 4 is 15.9 Å². The molecule has 0 unspecified atom stereocenters. The number of methoxy groups -OCH3 is 1. The number of rotatable bonds is 6. The quantitative estimate of drug-likeness (QED) is 0.805. The number of anilines is 1. The molecule has 1 aromatic carbocycles. The third-order valence-electron chi connectivity index (χ3n) is 3.58. The van der Waals surface area contributed by atoms with Gasteiger partial charge in [-0.3, -0.25) is 4.68 Å². The van der Waals surface area contributed by atoms with E-state index >= 15 is 0 Å². The summed E-state index contributed by atoms with van der Waals surface area (Å²) in [5, 5.41) is 4.09. The van der Waals surface area contributed by atoms with Crippen LogP contribution in [-0.2, 0) is 17.3 Å². The minimum atomic E-state index is -3.67. The second-order valence-electron chi connectivity index (χ2n) is 5.41. The lowest BCUT2D eigenvalue weighted by Gasteiger charge is -2.31. The fraction of sp³-hybridized carbons (Fsp3) is 0.400. The number of aryl methyl sites for hydroxylation is 1. The van der Waals surface area contributed by atoms with E-state index in [0.29, 0.717) is 11.4 Å². The predicted molar refractivity (Wildman–Crippen MR) is 89.7 cm³/mol. The van der Waals surface area contributed by atoms with E-state index in [4.69, 9.17) is 4.74 Å². The first-order chi connectivity index (χ1) is 10.8. The molecule has 0 aliphatic carbocycles. The topological polar surface area (TPSA) is 67.7 Å². The summed E-state index contributed by atoms with van der Waals surface area (Å²) in [6.07, 6.45) is 3.22. The van der Waals surface area contributed by atoms with Crippen LogP contribution in [0, 0.1) is 0 Å². The molecule has 0 saturated heterocycles. The van der Waals surface area contributed by atoms with Crippen molar-refractivity contribution in [2.24, 2.45) is 7.05 Å². The number of aromatic nitrogens is 2. The number of ether oxygens (including phenoxy) is 1. The van der Waals surface area contributed by atoms with Crippen LogP contribution in [0.1, 0.15) is 18.5 Å². The number of benzene rings is 1. The van der Waals surface area contributed by atoms with Crippen molar-refractivity contribution in [3.05, 3.63) is 42.2 Å². The van der Waals surface area contributed by atoms with Crippen LogP contribution in [0.4, 0.5) is 5.69 Å². The lowest BCUT2D eigenvalue weighted by molar-refractivity contribution is 0.414. The molecule has 0 fully saturated rings. The van der Waals surface area contributed by atoms with Crippen LogP contribution in [0.5, 0.6) is 5.75 Å². The average molecular weight is 338 g/mol. The van der Waals surface area contributed by atoms with Crippen molar-refractivity contribution in [1.82, 2.24) is 14.1 Å². The van der Waals surface area contributed by atoms with Crippen molar-refractivity contribution in [3.8, 4) is 5.75 Å². The molecule has 0 aliphatic heterocycles. The van der Waals surface area contributed by atoms with Gasteiger partial charge in [0.1, 0.15) is 5.75 Å². The van der Waals surface area contributed by atoms with Crippen LogP contribution in [0.3, 0.4) is 0 Å². The smallest absolute Gasteiger partial charge is 0.304 e. The van der Waals surface area contributed by atoms with Crippen molar-refractivity contribution in [1.29, 1.82) is 0 Å². The first-order valence-corrected chi connectivity index (χ1v) is 8.51. The zero-order chi connectivity index (χ0) is 17.2. The molecule has 0 amide bonds. The maximum absolute atomic E-state index is 12.8. The minimum absolute atomic E-state index is 0.415. The Morgan fingerprint density at radius 2 is 2.00 bits per heavy atom. The molecule has 0 N–H and O–H groups in total. The fourth-order valence-electron chi connectivity index (χ4n) is 2.29. The van der Waals surface area contributed by atoms with E-state index in [1.54, 1.807) is 25.0 Å². The van der Waals surface area contributed by atoms with Crippen molar-refractivity contribution < 1.29 is 13.2 Å². The summed E-state index contributed by atoms with van der Waals surface area (Å²) < 4.78 is 34.9. The predicted octanol–water partition coefficient (Wildman–Crippen LogP) is 1.80. The first kappa shape index (κ1) is 17.3. The summed E-state index contributed by atoms with van der Waals surface area (Å²) >= 11 is 0. The SMILES string of the molecule is COc1cccc([C@H](C)N(c2cnn(C)c2)S(=O)(=O)N(C)C)c1. The van der Waals surface area contributed by atoms with Gasteiger partial charge in [0.15, 0.2) is 0 Å². The van der Waals surface area contributed by atoms with Crippen LogP contribution >= 0.6 is 0 Å². The molecule has 2 aromatic rings. The Kier molecular flexibility index (Phi) is 4.96. The zero-order valence-corrected chi connectivity index (χ0v) is 14.8. The molecule has 2 rings (SSSR count). The highest BCUT2D eigenvalue weighted by Crippen LogP contribution is 2.31. The minimum Gasteiger partial charge on any atom is -0.497 e. The highest BCUT2D eigenvalue weighted by atomic mass is 32.2. The number of hydrogen-bond acceptors (Lipinski definition) is 4. The molecule has 1 atom stereocenters. The van der Waals surface area contributed by atoms with E-state index in [1.807, 2.05) is 31.2 Å². The van der Waals surface area contributed by atoms with E-state index < -0.39 is 16.3 Å².